The molecule has 5 nitrogen and oxygen atoms in total. The highest BCUT2D eigenvalue weighted by Gasteiger charge is 2.28. The SMILES string of the molecule is COC(=O)N1CCCC(C(=O)NCCCc2ccccc2)C1. The van der Waals surface area contributed by atoms with E-state index in [1.165, 1.54) is 12.7 Å². The van der Waals surface area contributed by atoms with Crippen LogP contribution in [0.1, 0.15) is 24.8 Å². The van der Waals surface area contributed by atoms with Gasteiger partial charge in [0.2, 0.25) is 5.91 Å². The molecule has 0 radical (unpaired) electrons. The first-order valence-corrected chi connectivity index (χ1v) is 7.85. The number of piperidine rings is 1. The fraction of sp³-hybridized carbons (Fsp3) is 0.529. The number of carbonyl (C=O) groups is 2. The monoisotopic (exact) mass is 304 g/mol. The minimum absolute atomic E-state index is 0.0432. The number of nitrogens with zero attached hydrogens (tertiary/aromatic N) is 1. The molecule has 0 saturated carbocycles. The molecule has 0 aliphatic carbocycles. The summed E-state index contributed by atoms with van der Waals surface area (Å²) in [6, 6.07) is 10.2. The lowest BCUT2D eigenvalue weighted by Crippen LogP contribution is -2.45. The van der Waals surface area contributed by atoms with Gasteiger partial charge in [0.25, 0.3) is 0 Å². The van der Waals surface area contributed by atoms with Crippen LogP contribution in [-0.4, -0.2) is 43.6 Å². The van der Waals surface area contributed by atoms with Gasteiger partial charge in [-0.3, -0.25) is 4.79 Å². The molecule has 1 N–H and O–H groups in total. The van der Waals surface area contributed by atoms with E-state index in [2.05, 4.69) is 17.4 Å². The van der Waals surface area contributed by atoms with Crippen molar-refractivity contribution in [3.05, 3.63) is 35.9 Å². The van der Waals surface area contributed by atoms with E-state index in [4.69, 9.17) is 4.74 Å². The number of hydrogen-bond donors (Lipinski definition) is 1. The molecule has 0 spiro atoms. The van der Waals surface area contributed by atoms with Crippen LogP contribution < -0.4 is 5.32 Å². The smallest absolute Gasteiger partial charge is 0.409 e. The van der Waals surface area contributed by atoms with Crippen LogP contribution in [0.2, 0.25) is 0 Å². The fourth-order valence-electron chi connectivity index (χ4n) is 2.78. The molecule has 2 rings (SSSR count). The molecule has 1 saturated heterocycles. The van der Waals surface area contributed by atoms with Gasteiger partial charge in [0.05, 0.1) is 13.0 Å². The van der Waals surface area contributed by atoms with Gasteiger partial charge in [-0.15, -0.1) is 0 Å². The van der Waals surface area contributed by atoms with E-state index in [1.54, 1.807) is 4.90 Å². The highest BCUT2D eigenvalue weighted by atomic mass is 16.5. The Kier molecular flexibility index (Phi) is 6.25. The molecule has 1 aromatic rings. The highest BCUT2D eigenvalue weighted by Crippen LogP contribution is 2.17. The van der Waals surface area contributed by atoms with Crippen LogP contribution in [-0.2, 0) is 16.0 Å². The normalized spacial score (nSPS) is 17.9. The first-order valence-electron chi connectivity index (χ1n) is 7.85. The number of likely N-dealkylation sites (tertiary alicyclic amines) is 1. The first kappa shape index (κ1) is 16.3. The minimum atomic E-state index is -0.346. The second-order valence-corrected chi connectivity index (χ2v) is 5.64. The van der Waals surface area contributed by atoms with Crippen LogP contribution in [0, 0.1) is 5.92 Å². The van der Waals surface area contributed by atoms with E-state index in [0.717, 1.165) is 25.7 Å². The van der Waals surface area contributed by atoms with Crippen LogP contribution in [0.15, 0.2) is 30.3 Å². The van der Waals surface area contributed by atoms with Crippen molar-refractivity contribution in [3.8, 4) is 0 Å². The second-order valence-electron chi connectivity index (χ2n) is 5.64. The van der Waals surface area contributed by atoms with E-state index in [9.17, 15) is 9.59 Å². The Morgan fingerprint density at radius 2 is 2.09 bits per heavy atom. The Labute approximate surface area is 131 Å². The van der Waals surface area contributed by atoms with Crippen molar-refractivity contribution in [1.82, 2.24) is 10.2 Å². The molecular formula is C17H24N2O3. The lowest BCUT2D eigenvalue weighted by Gasteiger charge is -2.30. The second kappa shape index (κ2) is 8.41. The van der Waals surface area contributed by atoms with Gasteiger partial charge in [-0.2, -0.15) is 0 Å². The van der Waals surface area contributed by atoms with Crippen molar-refractivity contribution in [2.24, 2.45) is 5.92 Å². The lowest BCUT2D eigenvalue weighted by atomic mass is 9.97. The molecule has 1 heterocycles. The van der Waals surface area contributed by atoms with Gasteiger partial charge < -0.3 is 15.0 Å². The van der Waals surface area contributed by atoms with Crippen molar-refractivity contribution in [2.75, 3.05) is 26.7 Å². The van der Waals surface area contributed by atoms with Gasteiger partial charge in [-0.05, 0) is 31.2 Å². The number of benzene rings is 1. The Balaban J connectivity index is 1.69. The lowest BCUT2D eigenvalue weighted by molar-refractivity contribution is -0.126. The number of ether oxygens (including phenoxy) is 1. The molecule has 120 valence electrons. The van der Waals surface area contributed by atoms with E-state index in [-0.39, 0.29) is 17.9 Å². The topological polar surface area (TPSA) is 58.6 Å². The van der Waals surface area contributed by atoms with Crippen LogP contribution >= 0.6 is 0 Å². The van der Waals surface area contributed by atoms with Crippen molar-refractivity contribution >= 4 is 12.0 Å². The van der Waals surface area contributed by atoms with Crippen LogP contribution in [0.4, 0.5) is 4.79 Å². The zero-order valence-electron chi connectivity index (χ0n) is 13.1. The maximum Gasteiger partial charge on any atom is 0.409 e. The van der Waals surface area contributed by atoms with Crippen molar-refractivity contribution in [3.63, 3.8) is 0 Å². The maximum atomic E-state index is 12.2. The van der Waals surface area contributed by atoms with Gasteiger partial charge in [0.15, 0.2) is 0 Å². The summed E-state index contributed by atoms with van der Waals surface area (Å²) in [5.41, 5.74) is 1.28. The van der Waals surface area contributed by atoms with Crippen LogP contribution in [0.25, 0.3) is 0 Å². The molecule has 2 amide bonds. The summed E-state index contributed by atoms with van der Waals surface area (Å²) in [6.07, 6.45) is 3.21. The van der Waals surface area contributed by atoms with Gasteiger partial charge in [-0.1, -0.05) is 30.3 Å². The third-order valence-corrected chi connectivity index (χ3v) is 4.01. The number of rotatable bonds is 5. The third-order valence-electron chi connectivity index (χ3n) is 4.01. The number of aryl methyl sites for hydroxylation is 1. The zero-order chi connectivity index (χ0) is 15.8. The quantitative estimate of drug-likeness (QED) is 0.849. The summed E-state index contributed by atoms with van der Waals surface area (Å²) in [7, 11) is 1.37. The third kappa shape index (κ3) is 4.76. The average molecular weight is 304 g/mol. The Morgan fingerprint density at radius 1 is 1.32 bits per heavy atom. The van der Waals surface area contributed by atoms with Crippen LogP contribution in [0.3, 0.4) is 0 Å². The molecule has 22 heavy (non-hydrogen) atoms. The molecule has 5 heteroatoms. The number of methoxy groups -OCH3 is 1. The molecule has 1 atom stereocenters. The average Bonchev–Trinajstić information content (AvgIpc) is 2.59. The molecule has 0 bridgehead atoms. The number of amides is 2. The Hall–Kier alpha value is -2.04. The van der Waals surface area contributed by atoms with E-state index in [0.29, 0.717) is 19.6 Å². The number of hydrogen-bond acceptors (Lipinski definition) is 3. The first-order chi connectivity index (χ1) is 10.7. The number of nitrogens with one attached hydrogen (secondary N) is 1. The predicted octanol–water partition coefficient (Wildman–Crippen LogP) is 2.21. The van der Waals surface area contributed by atoms with Gasteiger partial charge >= 0.3 is 6.09 Å². The van der Waals surface area contributed by atoms with Crippen LogP contribution in [0.5, 0.6) is 0 Å². The highest BCUT2D eigenvalue weighted by molar-refractivity contribution is 5.79. The van der Waals surface area contributed by atoms with E-state index >= 15 is 0 Å². The summed E-state index contributed by atoms with van der Waals surface area (Å²) in [5, 5.41) is 2.98. The maximum absolute atomic E-state index is 12.2. The molecule has 0 aromatic heterocycles. The molecule has 1 unspecified atom stereocenters. The van der Waals surface area contributed by atoms with E-state index in [1.807, 2.05) is 18.2 Å². The standard InChI is InChI=1S/C17H24N2O3/c1-22-17(21)19-12-6-10-15(13-19)16(20)18-11-5-9-14-7-3-2-4-8-14/h2-4,7-8,15H,5-6,9-13H2,1H3,(H,18,20). The Morgan fingerprint density at radius 3 is 2.82 bits per heavy atom. The molecule has 1 fully saturated rings. The van der Waals surface area contributed by atoms with Crippen molar-refractivity contribution in [1.29, 1.82) is 0 Å². The van der Waals surface area contributed by atoms with Crippen molar-refractivity contribution in [2.45, 2.75) is 25.7 Å². The summed E-state index contributed by atoms with van der Waals surface area (Å²) in [6.45, 7) is 1.80. The summed E-state index contributed by atoms with van der Waals surface area (Å²) >= 11 is 0. The van der Waals surface area contributed by atoms with Gasteiger partial charge in [-0.25, -0.2) is 4.79 Å². The minimum Gasteiger partial charge on any atom is -0.453 e. The molecule has 1 aromatic carbocycles. The largest absolute Gasteiger partial charge is 0.453 e. The number of carbonyl (C=O) groups excluding carboxylic acids is 2. The molecule has 1 aliphatic heterocycles. The molecule has 1 aliphatic rings. The molecular weight excluding hydrogens is 280 g/mol. The van der Waals surface area contributed by atoms with Gasteiger partial charge in [0, 0.05) is 19.6 Å². The summed E-state index contributed by atoms with van der Waals surface area (Å²) in [5.74, 6) is -0.0776. The van der Waals surface area contributed by atoms with Crippen molar-refractivity contribution < 1.29 is 14.3 Å². The Bertz CT molecular complexity index is 490. The van der Waals surface area contributed by atoms with E-state index < -0.39 is 0 Å². The van der Waals surface area contributed by atoms with Gasteiger partial charge in [0.1, 0.15) is 0 Å². The fourth-order valence-corrected chi connectivity index (χ4v) is 2.78. The zero-order valence-corrected chi connectivity index (χ0v) is 13.1. The summed E-state index contributed by atoms with van der Waals surface area (Å²) < 4.78 is 4.72. The predicted molar refractivity (Wildman–Crippen MR) is 84.5 cm³/mol. The summed E-state index contributed by atoms with van der Waals surface area (Å²) in [4.78, 5) is 25.3.